The van der Waals surface area contributed by atoms with Gasteiger partial charge in [-0.3, -0.25) is 15.0 Å². The highest BCUT2D eigenvalue weighted by molar-refractivity contribution is 5.75. The second-order valence-corrected chi connectivity index (χ2v) is 4.59. The molecule has 10 nitrogen and oxygen atoms in total. The monoisotopic (exact) mass is 295 g/mol. The molecule has 0 aromatic rings. The van der Waals surface area contributed by atoms with Crippen LogP contribution in [0.3, 0.4) is 0 Å². The summed E-state index contributed by atoms with van der Waals surface area (Å²) in [5.41, 5.74) is 0. The van der Waals surface area contributed by atoms with E-state index in [-0.39, 0.29) is 13.0 Å². The van der Waals surface area contributed by atoms with Crippen molar-refractivity contribution in [1.82, 2.24) is 10.2 Å². The maximum absolute atomic E-state index is 14.5. The number of hydrogen-bond acceptors (Lipinski definition) is 7. The number of nitrogens with one attached hydrogen (secondary N) is 1. The summed E-state index contributed by atoms with van der Waals surface area (Å²) in [4.78, 5) is 21.9. The predicted octanol–water partition coefficient (Wildman–Crippen LogP) is -2.26. The van der Waals surface area contributed by atoms with E-state index < -0.39 is 48.0 Å². The Morgan fingerprint density at radius 3 is 2.75 bits per heavy atom. The lowest BCUT2D eigenvalue weighted by molar-refractivity contribution is -0.626. The smallest absolute Gasteiger partial charge is 0.394 e. The zero-order valence-electron chi connectivity index (χ0n) is 10.2. The Labute approximate surface area is 111 Å². The maximum Gasteiger partial charge on any atom is 0.430 e. The number of nitrogens with zero attached hydrogens (tertiary/aromatic N) is 2. The van der Waals surface area contributed by atoms with Gasteiger partial charge in [0.05, 0.1) is 11.5 Å². The molecule has 2 saturated heterocycles. The Morgan fingerprint density at radius 2 is 2.25 bits per heavy atom. The first kappa shape index (κ1) is 14.8. The van der Waals surface area contributed by atoms with Crippen LogP contribution in [0.2, 0.25) is 0 Å². The summed E-state index contributed by atoms with van der Waals surface area (Å²) in [7, 11) is 0. The molecule has 0 saturated carbocycles. The number of nitro groups is 1. The van der Waals surface area contributed by atoms with Gasteiger partial charge in [0.25, 0.3) is 0 Å². The van der Waals surface area contributed by atoms with Crippen LogP contribution in [0.4, 0.5) is 9.18 Å². The number of hydrogen-bond donors (Lipinski definition) is 4. The van der Waals surface area contributed by atoms with Crippen LogP contribution in [0.5, 0.6) is 0 Å². The van der Waals surface area contributed by atoms with Crippen LogP contribution in [0.15, 0.2) is 0 Å². The van der Waals surface area contributed by atoms with E-state index in [0.717, 1.165) is 0 Å². The summed E-state index contributed by atoms with van der Waals surface area (Å²) in [6.07, 6.45) is -6.85. The van der Waals surface area contributed by atoms with Crippen molar-refractivity contribution < 1.29 is 34.2 Å². The molecule has 2 fully saturated rings. The second-order valence-electron chi connectivity index (χ2n) is 4.59. The van der Waals surface area contributed by atoms with Gasteiger partial charge in [-0.2, -0.15) is 4.39 Å². The van der Waals surface area contributed by atoms with E-state index in [1.807, 2.05) is 0 Å². The van der Waals surface area contributed by atoms with Gasteiger partial charge in [0.1, 0.15) is 12.3 Å². The fraction of sp³-hybridized carbons (Fsp3) is 0.889. The fourth-order valence-electron chi connectivity index (χ4n) is 2.26. The molecule has 0 spiro atoms. The minimum absolute atomic E-state index is 0.0132. The SMILES string of the molecule is O=C1NC(O)CCN1[C@@H]1O[C@H](CO)[C@@H](O)[C@@]1(F)[N+](=O)[O-]. The standard InChI is InChI=1S/C9H14FN3O7/c10-9(13(18)19)6(16)4(3-14)20-7(9)12-2-1-5(15)11-8(12)17/h4-7,14-16H,1-3H2,(H,11,17)/t4-,5?,6-,7-,9-/m1/s1. The Kier molecular flexibility index (Phi) is 3.77. The normalized spacial score (nSPS) is 41.6. The third-order valence-electron chi connectivity index (χ3n) is 3.35. The maximum atomic E-state index is 14.5. The summed E-state index contributed by atoms with van der Waals surface area (Å²) < 4.78 is 19.4. The van der Waals surface area contributed by atoms with Crippen molar-refractivity contribution in [3.63, 3.8) is 0 Å². The Bertz CT molecular complexity index is 424. The first-order valence-electron chi connectivity index (χ1n) is 5.85. The molecule has 20 heavy (non-hydrogen) atoms. The fourth-order valence-corrected chi connectivity index (χ4v) is 2.26. The molecule has 2 aliphatic heterocycles. The molecule has 4 N–H and O–H groups in total. The lowest BCUT2D eigenvalue weighted by Gasteiger charge is -2.35. The number of halogens is 1. The molecule has 1 unspecified atom stereocenters. The Morgan fingerprint density at radius 1 is 1.60 bits per heavy atom. The molecule has 0 aromatic heterocycles. The number of ether oxygens (including phenoxy) is 1. The molecule has 2 aliphatic rings. The van der Waals surface area contributed by atoms with E-state index in [0.29, 0.717) is 4.90 Å². The van der Waals surface area contributed by atoms with Gasteiger partial charge in [-0.05, 0) is 0 Å². The molecular formula is C9H14FN3O7. The number of carbonyl (C=O) groups is 1. The first-order valence-corrected chi connectivity index (χ1v) is 5.85. The van der Waals surface area contributed by atoms with Gasteiger partial charge >= 0.3 is 11.8 Å². The van der Waals surface area contributed by atoms with E-state index in [1.165, 1.54) is 0 Å². The van der Waals surface area contributed by atoms with Crippen molar-refractivity contribution >= 4 is 6.03 Å². The Balaban J connectivity index is 2.29. The van der Waals surface area contributed by atoms with E-state index in [2.05, 4.69) is 5.32 Å². The topological polar surface area (TPSA) is 145 Å². The average molecular weight is 295 g/mol. The minimum atomic E-state index is -3.45. The number of alkyl halides is 1. The molecular weight excluding hydrogens is 281 g/mol. The van der Waals surface area contributed by atoms with Gasteiger partial charge in [0, 0.05) is 13.0 Å². The van der Waals surface area contributed by atoms with Crippen molar-refractivity contribution in [2.24, 2.45) is 0 Å². The van der Waals surface area contributed by atoms with E-state index in [9.17, 15) is 29.5 Å². The molecule has 2 amide bonds. The van der Waals surface area contributed by atoms with Crippen molar-refractivity contribution in [3.8, 4) is 0 Å². The van der Waals surface area contributed by atoms with Crippen LogP contribution in [-0.2, 0) is 4.74 Å². The highest BCUT2D eigenvalue weighted by atomic mass is 19.1. The molecule has 0 aliphatic carbocycles. The van der Waals surface area contributed by atoms with E-state index in [4.69, 9.17) is 9.84 Å². The van der Waals surface area contributed by atoms with Gasteiger partial charge in [0.2, 0.25) is 6.23 Å². The van der Waals surface area contributed by atoms with Gasteiger partial charge in [-0.25, -0.2) is 4.79 Å². The summed E-state index contributed by atoms with van der Waals surface area (Å²) in [6.45, 7) is -1.03. The van der Waals surface area contributed by atoms with E-state index >= 15 is 0 Å². The summed E-state index contributed by atoms with van der Waals surface area (Å²) >= 11 is 0. The average Bonchev–Trinajstić information content (AvgIpc) is 2.64. The van der Waals surface area contributed by atoms with Gasteiger partial charge in [0.15, 0.2) is 6.10 Å². The van der Waals surface area contributed by atoms with Crippen molar-refractivity contribution in [1.29, 1.82) is 0 Å². The largest absolute Gasteiger partial charge is 0.430 e. The van der Waals surface area contributed by atoms with Gasteiger partial charge in [-0.1, -0.05) is 0 Å². The summed E-state index contributed by atoms with van der Waals surface area (Å²) in [5.74, 6) is -3.45. The van der Waals surface area contributed by atoms with Crippen molar-refractivity contribution in [2.75, 3.05) is 13.2 Å². The van der Waals surface area contributed by atoms with Crippen molar-refractivity contribution in [2.45, 2.75) is 36.9 Å². The number of rotatable bonds is 3. The highest BCUT2D eigenvalue weighted by Gasteiger charge is 2.70. The molecule has 11 heteroatoms. The van der Waals surface area contributed by atoms with Crippen molar-refractivity contribution in [3.05, 3.63) is 10.1 Å². The second kappa shape index (κ2) is 5.09. The van der Waals surface area contributed by atoms with Crippen LogP contribution >= 0.6 is 0 Å². The lowest BCUT2D eigenvalue weighted by Crippen LogP contribution is -2.63. The quantitative estimate of drug-likeness (QED) is 0.261. The molecule has 2 rings (SSSR count). The number of amides is 2. The number of aliphatic hydroxyl groups excluding tert-OH is 3. The summed E-state index contributed by atoms with van der Waals surface area (Å²) in [5, 5.41) is 40.7. The molecule has 2 heterocycles. The zero-order valence-corrected chi connectivity index (χ0v) is 10.2. The Hall–Kier alpha value is -1.56. The lowest BCUT2D eigenvalue weighted by atomic mass is 10.1. The van der Waals surface area contributed by atoms with Gasteiger partial charge < -0.3 is 25.4 Å². The number of urea groups is 1. The zero-order chi connectivity index (χ0) is 15.1. The van der Waals surface area contributed by atoms with E-state index in [1.54, 1.807) is 0 Å². The molecule has 114 valence electrons. The molecule has 0 radical (unpaired) electrons. The van der Waals surface area contributed by atoms with Crippen LogP contribution in [-0.4, -0.2) is 74.8 Å². The molecule has 0 bridgehead atoms. The number of carbonyl (C=O) groups excluding carboxylic acids is 1. The predicted molar refractivity (Wildman–Crippen MR) is 58.4 cm³/mol. The van der Waals surface area contributed by atoms with Crippen LogP contribution in [0.1, 0.15) is 6.42 Å². The third kappa shape index (κ3) is 2.08. The molecule has 0 aromatic carbocycles. The van der Waals surface area contributed by atoms with Crippen LogP contribution < -0.4 is 5.32 Å². The highest BCUT2D eigenvalue weighted by Crippen LogP contribution is 2.37. The van der Waals surface area contributed by atoms with Crippen LogP contribution in [0, 0.1) is 10.1 Å². The molecule has 5 atom stereocenters. The third-order valence-corrected chi connectivity index (χ3v) is 3.35. The number of aliphatic hydroxyl groups is 3. The summed E-state index contributed by atoms with van der Waals surface area (Å²) in [6, 6.07) is -0.955. The van der Waals surface area contributed by atoms with Gasteiger partial charge in [-0.15, -0.1) is 0 Å². The van der Waals surface area contributed by atoms with Crippen LogP contribution in [0.25, 0.3) is 0 Å². The first-order chi connectivity index (χ1) is 9.32. The minimum Gasteiger partial charge on any atom is -0.394 e.